The second kappa shape index (κ2) is 10.1. The van der Waals surface area contributed by atoms with Gasteiger partial charge < -0.3 is 31.7 Å². The third-order valence-electron chi connectivity index (χ3n) is 8.29. The van der Waals surface area contributed by atoms with Crippen LogP contribution in [0.3, 0.4) is 0 Å². The third-order valence-corrected chi connectivity index (χ3v) is 8.29. The smallest absolute Gasteiger partial charge is 0.315 e. The fourth-order valence-corrected chi connectivity index (χ4v) is 6.02. The van der Waals surface area contributed by atoms with Crippen molar-refractivity contribution in [3.63, 3.8) is 0 Å². The van der Waals surface area contributed by atoms with E-state index < -0.39 is 58.8 Å². The van der Waals surface area contributed by atoms with Gasteiger partial charge in [0.15, 0.2) is 0 Å². The highest BCUT2D eigenvalue weighted by atomic mass is 16.3. The number of ketones is 1. The standard InChI is InChI=1S/C27H45N5O6/c1-25(2,3)20(30-24(38)31-26(4,5)6)23(37)32-12-15-17(27(15,7)8)18(32)22(36)29-16(19(34)21(28)35)11-13-9-14(33)10-13/h13-18,20,33H,9-12H2,1-8H3,(H2,28,35)(H,29,36)(H2,30,31,38)/t13?,14?,15-,16?,17-,18?,20+/m0/s1. The summed E-state index contributed by atoms with van der Waals surface area (Å²) in [5.74, 6) is -2.95. The molecular formula is C27H45N5O6. The van der Waals surface area contributed by atoms with Crippen LogP contribution < -0.4 is 21.7 Å². The van der Waals surface area contributed by atoms with E-state index in [9.17, 15) is 29.1 Å². The maximum atomic E-state index is 13.9. The Labute approximate surface area is 225 Å². The monoisotopic (exact) mass is 535 g/mol. The number of aliphatic hydroxyl groups is 1. The molecule has 214 valence electrons. The molecule has 6 N–H and O–H groups in total. The molecule has 5 amide bonds. The number of hydrogen-bond donors (Lipinski definition) is 5. The number of hydrogen-bond acceptors (Lipinski definition) is 6. The van der Waals surface area contributed by atoms with E-state index in [1.165, 1.54) is 4.90 Å². The number of likely N-dealkylation sites (tertiary alicyclic amines) is 1. The maximum Gasteiger partial charge on any atom is 0.315 e. The minimum Gasteiger partial charge on any atom is -0.393 e. The van der Waals surface area contributed by atoms with E-state index in [0.29, 0.717) is 19.4 Å². The molecule has 3 fully saturated rings. The summed E-state index contributed by atoms with van der Waals surface area (Å²) >= 11 is 0. The van der Waals surface area contributed by atoms with Gasteiger partial charge in [0.2, 0.25) is 17.6 Å². The van der Waals surface area contributed by atoms with E-state index in [1.807, 2.05) is 55.4 Å². The summed E-state index contributed by atoms with van der Waals surface area (Å²) in [6.07, 6.45) is 0.717. The summed E-state index contributed by atoms with van der Waals surface area (Å²) in [6.45, 7) is 15.5. The fraction of sp³-hybridized carbons (Fsp3) is 0.815. The summed E-state index contributed by atoms with van der Waals surface area (Å²) in [6, 6.07) is -3.36. The molecule has 3 aliphatic rings. The molecule has 1 saturated heterocycles. The van der Waals surface area contributed by atoms with Gasteiger partial charge in [-0.25, -0.2) is 4.79 Å². The lowest BCUT2D eigenvalue weighted by molar-refractivity contribution is -0.145. The lowest BCUT2D eigenvalue weighted by Gasteiger charge is -2.38. The third kappa shape index (κ3) is 6.30. The van der Waals surface area contributed by atoms with Crippen LogP contribution in [0.15, 0.2) is 0 Å². The van der Waals surface area contributed by atoms with Crippen LogP contribution in [0.1, 0.15) is 74.7 Å². The second-order valence-electron chi connectivity index (χ2n) is 14.1. The van der Waals surface area contributed by atoms with E-state index in [-0.39, 0.29) is 35.5 Å². The maximum absolute atomic E-state index is 13.9. The van der Waals surface area contributed by atoms with Crippen LogP contribution in [-0.2, 0) is 19.2 Å². The Hall–Kier alpha value is -2.69. The molecule has 0 spiro atoms. The van der Waals surface area contributed by atoms with Crippen LogP contribution in [-0.4, -0.2) is 75.9 Å². The zero-order chi connectivity index (χ0) is 29.0. The van der Waals surface area contributed by atoms with Gasteiger partial charge in [-0.3, -0.25) is 19.2 Å². The van der Waals surface area contributed by atoms with E-state index >= 15 is 0 Å². The number of primary amides is 1. The molecule has 11 heteroatoms. The average molecular weight is 536 g/mol. The SMILES string of the molecule is CC(C)(C)NC(=O)N[C@H](C(=O)N1C[C@H]2[C@@H](C1C(=O)NC(CC1CC(O)C1)C(=O)C(N)=O)C2(C)C)C(C)(C)C. The van der Waals surface area contributed by atoms with Crippen molar-refractivity contribution in [1.29, 1.82) is 0 Å². The number of nitrogens with two attached hydrogens (primary N) is 1. The first-order valence-corrected chi connectivity index (χ1v) is 13.4. The second-order valence-corrected chi connectivity index (χ2v) is 14.1. The largest absolute Gasteiger partial charge is 0.393 e. The highest BCUT2D eigenvalue weighted by Gasteiger charge is 2.70. The number of carbonyl (C=O) groups excluding carboxylic acids is 5. The topological polar surface area (TPSA) is 171 Å². The molecule has 2 unspecified atom stereocenters. The highest BCUT2D eigenvalue weighted by molar-refractivity contribution is 6.37. The minimum atomic E-state index is -1.14. The lowest BCUT2D eigenvalue weighted by Crippen LogP contribution is -2.62. The van der Waals surface area contributed by atoms with Gasteiger partial charge in [0, 0.05) is 12.1 Å². The number of fused-ring (bicyclic) bond motifs is 1. The molecule has 0 aromatic heterocycles. The number of aliphatic hydroxyl groups excluding tert-OH is 1. The van der Waals surface area contributed by atoms with Crippen molar-refractivity contribution in [2.45, 2.75) is 104 Å². The Balaban J connectivity index is 1.83. The van der Waals surface area contributed by atoms with Crippen LogP contribution in [0.5, 0.6) is 0 Å². The van der Waals surface area contributed by atoms with Gasteiger partial charge in [0.05, 0.1) is 12.1 Å². The molecule has 1 aliphatic heterocycles. The van der Waals surface area contributed by atoms with Gasteiger partial charge in [0.25, 0.3) is 5.91 Å². The summed E-state index contributed by atoms with van der Waals surface area (Å²) in [7, 11) is 0. The summed E-state index contributed by atoms with van der Waals surface area (Å²) in [5, 5.41) is 18.0. The van der Waals surface area contributed by atoms with Crippen LogP contribution in [0, 0.1) is 28.6 Å². The number of piperidine rings is 1. The molecular weight excluding hydrogens is 490 g/mol. The summed E-state index contributed by atoms with van der Waals surface area (Å²) < 4.78 is 0. The van der Waals surface area contributed by atoms with Crippen molar-refractivity contribution in [1.82, 2.24) is 20.9 Å². The molecule has 1 heterocycles. The Kier molecular flexibility index (Phi) is 7.96. The van der Waals surface area contributed by atoms with Crippen molar-refractivity contribution >= 4 is 29.5 Å². The quantitative estimate of drug-likeness (QED) is 0.286. The molecule has 2 saturated carbocycles. The highest BCUT2D eigenvalue weighted by Crippen LogP contribution is 2.65. The molecule has 0 bridgehead atoms. The van der Waals surface area contributed by atoms with Gasteiger partial charge in [0.1, 0.15) is 12.1 Å². The van der Waals surface area contributed by atoms with Crippen LogP contribution in [0.4, 0.5) is 4.79 Å². The number of carbonyl (C=O) groups is 5. The lowest BCUT2D eigenvalue weighted by atomic mass is 9.77. The summed E-state index contributed by atoms with van der Waals surface area (Å²) in [5.41, 5.74) is 3.94. The first kappa shape index (κ1) is 29.9. The molecule has 38 heavy (non-hydrogen) atoms. The summed E-state index contributed by atoms with van der Waals surface area (Å²) in [4.78, 5) is 66.1. The van der Waals surface area contributed by atoms with E-state index in [4.69, 9.17) is 5.73 Å². The van der Waals surface area contributed by atoms with Gasteiger partial charge in [-0.2, -0.15) is 0 Å². The molecule has 11 nitrogen and oxygen atoms in total. The van der Waals surface area contributed by atoms with Crippen LogP contribution in [0.2, 0.25) is 0 Å². The number of urea groups is 1. The van der Waals surface area contributed by atoms with Crippen molar-refractivity contribution < 1.29 is 29.1 Å². The fourth-order valence-electron chi connectivity index (χ4n) is 6.02. The molecule has 5 atom stereocenters. The number of amides is 5. The number of Topliss-reactive ketones (excluding diaryl/α,β-unsaturated/α-hetero) is 1. The van der Waals surface area contributed by atoms with Gasteiger partial charge in [-0.05, 0) is 68.6 Å². The predicted molar refractivity (Wildman–Crippen MR) is 140 cm³/mol. The van der Waals surface area contributed by atoms with Crippen molar-refractivity contribution in [2.24, 2.45) is 34.3 Å². The minimum absolute atomic E-state index is 0.0131. The zero-order valence-electron chi connectivity index (χ0n) is 23.9. The molecule has 3 rings (SSSR count). The van der Waals surface area contributed by atoms with Gasteiger partial charge >= 0.3 is 6.03 Å². The normalized spacial score (nSPS) is 29.3. The van der Waals surface area contributed by atoms with E-state index in [0.717, 1.165) is 0 Å². The van der Waals surface area contributed by atoms with Crippen LogP contribution >= 0.6 is 0 Å². The van der Waals surface area contributed by atoms with Gasteiger partial charge in [-0.1, -0.05) is 34.6 Å². The number of nitrogens with one attached hydrogen (secondary N) is 3. The Bertz CT molecular complexity index is 991. The Morgan fingerprint density at radius 2 is 1.61 bits per heavy atom. The van der Waals surface area contributed by atoms with E-state index in [2.05, 4.69) is 16.0 Å². The van der Waals surface area contributed by atoms with Gasteiger partial charge in [-0.15, -0.1) is 0 Å². The molecule has 0 radical (unpaired) electrons. The number of nitrogens with zero attached hydrogens (tertiary/aromatic N) is 1. The molecule has 0 aromatic carbocycles. The average Bonchev–Trinajstić information content (AvgIpc) is 3.06. The Morgan fingerprint density at radius 3 is 2.08 bits per heavy atom. The zero-order valence-corrected chi connectivity index (χ0v) is 23.9. The first-order valence-electron chi connectivity index (χ1n) is 13.4. The predicted octanol–water partition coefficient (Wildman–Crippen LogP) is 0.682. The number of rotatable bonds is 8. The first-order chi connectivity index (χ1) is 17.2. The Morgan fingerprint density at radius 1 is 1.03 bits per heavy atom. The van der Waals surface area contributed by atoms with E-state index in [1.54, 1.807) is 0 Å². The van der Waals surface area contributed by atoms with Crippen molar-refractivity contribution in [3.8, 4) is 0 Å². The molecule has 2 aliphatic carbocycles. The molecule has 0 aromatic rings. The van der Waals surface area contributed by atoms with Crippen molar-refractivity contribution in [3.05, 3.63) is 0 Å². The van der Waals surface area contributed by atoms with Crippen molar-refractivity contribution in [2.75, 3.05) is 6.54 Å². The van der Waals surface area contributed by atoms with Crippen LogP contribution in [0.25, 0.3) is 0 Å².